The van der Waals surface area contributed by atoms with Crippen LogP contribution in [0, 0.1) is 5.82 Å². The Hall–Kier alpha value is -1.92. The molecule has 0 atom stereocenters. The van der Waals surface area contributed by atoms with E-state index in [4.69, 9.17) is 17.4 Å². The number of nitrogens with zero attached hydrogens (tertiary/aromatic N) is 2. The second-order valence-electron chi connectivity index (χ2n) is 4.15. The molecule has 5 nitrogen and oxygen atoms in total. The summed E-state index contributed by atoms with van der Waals surface area (Å²) in [6.07, 6.45) is 2.15. The molecule has 0 bridgehead atoms. The Balaban J connectivity index is 2.16. The molecule has 0 unspecified atom stereocenters. The summed E-state index contributed by atoms with van der Waals surface area (Å²) in [5.41, 5.74) is 4.29. The van der Waals surface area contributed by atoms with Gasteiger partial charge >= 0.3 is 0 Å². The van der Waals surface area contributed by atoms with Gasteiger partial charge in [0, 0.05) is 12.1 Å². The zero-order valence-corrected chi connectivity index (χ0v) is 11.7. The summed E-state index contributed by atoms with van der Waals surface area (Å²) in [5.74, 6) is 6.26. The number of rotatable bonds is 5. The number of nitrogens with one attached hydrogen (secondary N) is 2. The zero-order chi connectivity index (χ0) is 14.5. The van der Waals surface area contributed by atoms with Crippen LogP contribution in [-0.4, -0.2) is 9.97 Å². The topological polar surface area (TPSA) is 75.9 Å². The van der Waals surface area contributed by atoms with Crippen molar-refractivity contribution in [1.82, 2.24) is 9.97 Å². The molecule has 0 saturated heterocycles. The molecule has 1 aromatic carbocycles. The highest BCUT2D eigenvalue weighted by Gasteiger charge is 2.09. The lowest BCUT2D eigenvalue weighted by Crippen LogP contribution is -2.14. The first-order valence-corrected chi connectivity index (χ1v) is 6.51. The minimum absolute atomic E-state index is 0.104. The SMILES string of the molecule is CCc1c(NN)ncnc1NCc1ccc(F)c(Cl)c1. The van der Waals surface area contributed by atoms with Crippen molar-refractivity contribution in [3.05, 3.63) is 46.5 Å². The Bertz CT molecular complexity index is 605. The summed E-state index contributed by atoms with van der Waals surface area (Å²) >= 11 is 5.75. The van der Waals surface area contributed by atoms with Gasteiger partial charge in [0.2, 0.25) is 0 Å². The maximum atomic E-state index is 13.1. The Morgan fingerprint density at radius 1 is 1.30 bits per heavy atom. The maximum Gasteiger partial charge on any atom is 0.148 e. The molecular formula is C13H15ClFN5. The van der Waals surface area contributed by atoms with Gasteiger partial charge in [0.1, 0.15) is 23.8 Å². The Morgan fingerprint density at radius 3 is 2.70 bits per heavy atom. The van der Waals surface area contributed by atoms with Gasteiger partial charge in [-0.3, -0.25) is 0 Å². The monoisotopic (exact) mass is 295 g/mol. The van der Waals surface area contributed by atoms with Crippen LogP contribution in [0.2, 0.25) is 5.02 Å². The summed E-state index contributed by atoms with van der Waals surface area (Å²) < 4.78 is 13.1. The van der Waals surface area contributed by atoms with Crippen molar-refractivity contribution in [3.8, 4) is 0 Å². The number of nitrogen functional groups attached to an aromatic ring is 1. The van der Waals surface area contributed by atoms with Crippen LogP contribution < -0.4 is 16.6 Å². The normalized spacial score (nSPS) is 10.4. The lowest BCUT2D eigenvalue weighted by molar-refractivity contribution is 0.627. The third-order valence-electron chi connectivity index (χ3n) is 2.88. The van der Waals surface area contributed by atoms with Crippen LogP contribution >= 0.6 is 11.6 Å². The van der Waals surface area contributed by atoms with E-state index in [1.807, 2.05) is 6.92 Å². The molecule has 0 radical (unpaired) electrons. The maximum absolute atomic E-state index is 13.1. The first-order chi connectivity index (χ1) is 9.65. The van der Waals surface area contributed by atoms with Gasteiger partial charge in [-0.1, -0.05) is 24.6 Å². The molecule has 2 rings (SSSR count). The van der Waals surface area contributed by atoms with Gasteiger partial charge in [0.15, 0.2) is 0 Å². The van der Waals surface area contributed by atoms with E-state index in [1.54, 1.807) is 12.1 Å². The van der Waals surface area contributed by atoms with Crippen molar-refractivity contribution in [1.29, 1.82) is 0 Å². The number of anilines is 2. The van der Waals surface area contributed by atoms with Crippen LogP contribution in [-0.2, 0) is 13.0 Å². The number of benzene rings is 1. The van der Waals surface area contributed by atoms with Crippen molar-refractivity contribution in [3.63, 3.8) is 0 Å². The quantitative estimate of drug-likeness (QED) is 0.584. The summed E-state index contributed by atoms with van der Waals surface area (Å²) in [7, 11) is 0. The number of nitrogens with two attached hydrogens (primary N) is 1. The highest BCUT2D eigenvalue weighted by molar-refractivity contribution is 6.30. The Labute approximate surface area is 121 Å². The smallest absolute Gasteiger partial charge is 0.148 e. The van der Waals surface area contributed by atoms with Crippen molar-refractivity contribution >= 4 is 23.2 Å². The second kappa shape index (κ2) is 6.49. The number of hydrazine groups is 1. The molecule has 2 aromatic rings. The fourth-order valence-electron chi connectivity index (χ4n) is 1.86. The standard InChI is InChI=1S/C13H15ClFN5/c1-2-9-12(18-7-19-13(9)20-16)17-6-8-3-4-11(15)10(14)5-8/h3-5,7H,2,6,16H2,1H3,(H2,17,18,19,20). The molecular weight excluding hydrogens is 281 g/mol. The summed E-state index contributed by atoms with van der Waals surface area (Å²) in [6.45, 7) is 2.47. The van der Waals surface area contributed by atoms with Crippen LogP contribution in [0.25, 0.3) is 0 Å². The lowest BCUT2D eigenvalue weighted by atomic mass is 10.2. The zero-order valence-electron chi connectivity index (χ0n) is 11.0. The van der Waals surface area contributed by atoms with E-state index < -0.39 is 5.82 Å². The first-order valence-electron chi connectivity index (χ1n) is 6.14. The predicted octanol–water partition coefficient (Wildman–Crippen LogP) is 2.73. The van der Waals surface area contributed by atoms with Crippen molar-refractivity contribution in [2.75, 3.05) is 10.7 Å². The van der Waals surface area contributed by atoms with Crippen molar-refractivity contribution in [2.24, 2.45) is 5.84 Å². The third-order valence-corrected chi connectivity index (χ3v) is 3.17. The van der Waals surface area contributed by atoms with E-state index in [-0.39, 0.29) is 5.02 Å². The largest absolute Gasteiger partial charge is 0.366 e. The highest BCUT2D eigenvalue weighted by Crippen LogP contribution is 2.21. The van der Waals surface area contributed by atoms with Crippen LogP contribution in [0.5, 0.6) is 0 Å². The molecule has 0 aliphatic carbocycles. The van der Waals surface area contributed by atoms with Crippen LogP contribution in [0.1, 0.15) is 18.1 Å². The molecule has 1 aromatic heterocycles. The van der Waals surface area contributed by atoms with Gasteiger partial charge in [0.05, 0.1) is 5.02 Å². The van der Waals surface area contributed by atoms with E-state index >= 15 is 0 Å². The van der Waals surface area contributed by atoms with Gasteiger partial charge < -0.3 is 10.7 Å². The highest BCUT2D eigenvalue weighted by atomic mass is 35.5. The summed E-state index contributed by atoms with van der Waals surface area (Å²) in [5, 5.41) is 3.28. The van der Waals surface area contributed by atoms with Crippen LogP contribution in [0.15, 0.2) is 24.5 Å². The first kappa shape index (κ1) is 14.5. The van der Waals surface area contributed by atoms with E-state index in [1.165, 1.54) is 12.4 Å². The fourth-order valence-corrected chi connectivity index (χ4v) is 2.06. The molecule has 7 heteroatoms. The number of hydrogen-bond acceptors (Lipinski definition) is 5. The number of aromatic nitrogens is 2. The van der Waals surface area contributed by atoms with Gasteiger partial charge in [-0.05, 0) is 24.1 Å². The summed E-state index contributed by atoms with van der Waals surface area (Å²) in [6, 6.07) is 4.59. The number of halogens is 2. The number of hydrogen-bond donors (Lipinski definition) is 3. The molecule has 0 saturated carbocycles. The molecule has 20 heavy (non-hydrogen) atoms. The molecule has 106 valence electrons. The van der Waals surface area contributed by atoms with Gasteiger partial charge in [-0.25, -0.2) is 20.2 Å². The minimum Gasteiger partial charge on any atom is -0.366 e. The van der Waals surface area contributed by atoms with Crippen molar-refractivity contribution < 1.29 is 4.39 Å². The van der Waals surface area contributed by atoms with E-state index in [0.29, 0.717) is 18.2 Å². The molecule has 0 spiro atoms. The molecule has 0 aliphatic heterocycles. The Kier molecular flexibility index (Phi) is 4.70. The fraction of sp³-hybridized carbons (Fsp3) is 0.231. The Morgan fingerprint density at radius 2 is 2.05 bits per heavy atom. The van der Waals surface area contributed by atoms with Gasteiger partial charge in [0.25, 0.3) is 0 Å². The molecule has 0 aliphatic rings. The average Bonchev–Trinajstić information content (AvgIpc) is 2.47. The van der Waals surface area contributed by atoms with Gasteiger partial charge in [-0.15, -0.1) is 0 Å². The lowest BCUT2D eigenvalue weighted by Gasteiger charge is -2.12. The molecule has 0 fully saturated rings. The van der Waals surface area contributed by atoms with Crippen LogP contribution in [0.3, 0.4) is 0 Å². The average molecular weight is 296 g/mol. The van der Waals surface area contributed by atoms with E-state index in [9.17, 15) is 4.39 Å². The molecule has 0 amide bonds. The summed E-state index contributed by atoms with van der Waals surface area (Å²) in [4.78, 5) is 8.24. The van der Waals surface area contributed by atoms with E-state index in [0.717, 1.165) is 17.5 Å². The van der Waals surface area contributed by atoms with Crippen LogP contribution in [0.4, 0.5) is 16.0 Å². The van der Waals surface area contributed by atoms with E-state index in [2.05, 4.69) is 20.7 Å². The predicted molar refractivity (Wildman–Crippen MR) is 78.0 cm³/mol. The molecule has 1 heterocycles. The minimum atomic E-state index is -0.429. The third kappa shape index (κ3) is 3.15. The van der Waals surface area contributed by atoms with Gasteiger partial charge in [-0.2, -0.15) is 0 Å². The van der Waals surface area contributed by atoms with Crippen molar-refractivity contribution in [2.45, 2.75) is 19.9 Å². The second-order valence-corrected chi connectivity index (χ2v) is 4.56. The molecule has 4 N–H and O–H groups in total.